The van der Waals surface area contributed by atoms with Gasteiger partial charge in [0.15, 0.2) is 11.0 Å². The number of thiophene rings is 2. The maximum Gasteiger partial charge on any atom is 0.340 e. The molecule has 1 N–H and O–H groups in total. The van der Waals surface area contributed by atoms with E-state index in [1.165, 1.54) is 40.6 Å². The van der Waals surface area contributed by atoms with Gasteiger partial charge in [0.2, 0.25) is 5.91 Å². The number of thioether (sulfide) groups is 1. The lowest BCUT2D eigenvalue weighted by atomic mass is 10.1. The van der Waals surface area contributed by atoms with E-state index in [-0.39, 0.29) is 17.7 Å². The van der Waals surface area contributed by atoms with Gasteiger partial charge in [-0.3, -0.25) is 9.36 Å². The molecule has 3 heterocycles. The van der Waals surface area contributed by atoms with Crippen molar-refractivity contribution in [2.45, 2.75) is 58.7 Å². The van der Waals surface area contributed by atoms with Crippen molar-refractivity contribution in [1.82, 2.24) is 14.8 Å². The molecule has 0 aromatic carbocycles. The van der Waals surface area contributed by atoms with Crippen LogP contribution in [0, 0.1) is 6.92 Å². The third kappa shape index (κ3) is 5.07. The van der Waals surface area contributed by atoms with Crippen LogP contribution in [0.25, 0.3) is 11.4 Å². The van der Waals surface area contributed by atoms with Crippen LogP contribution in [0.3, 0.4) is 0 Å². The molecule has 0 bridgehead atoms. The molecule has 0 saturated carbocycles. The number of esters is 1. The van der Waals surface area contributed by atoms with E-state index in [9.17, 15) is 9.59 Å². The number of amides is 1. The number of aryl methyl sites for hydroxylation is 2. The number of methoxy groups -OCH3 is 1. The van der Waals surface area contributed by atoms with Crippen molar-refractivity contribution in [2.75, 3.05) is 18.2 Å². The molecular weight excluding hydrogens is 464 g/mol. The van der Waals surface area contributed by atoms with Gasteiger partial charge in [0.25, 0.3) is 0 Å². The Hall–Kier alpha value is -2.17. The summed E-state index contributed by atoms with van der Waals surface area (Å²) in [5.74, 6) is 0.340. The molecule has 3 rings (SSSR count). The number of anilines is 1. The van der Waals surface area contributed by atoms with E-state index in [2.05, 4.69) is 53.2 Å². The number of nitrogens with one attached hydrogen (secondary N) is 1. The van der Waals surface area contributed by atoms with E-state index in [0.29, 0.717) is 15.7 Å². The predicted molar refractivity (Wildman–Crippen MR) is 132 cm³/mol. The minimum absolute atomic E-state index is 0.144. The molecule has 32 heavy (non-hydrogen) atoms. The Balaban J connectivity index is 1.78. The van der Waals surface area contributed by atoms with Crippen LogP contribution in [0.1, 0.15) is 59.4 Å². The summed E-state index contributed by atoms with van der Waals surface area (Å²) in [5.41, 5.74) is 2.79. The summed E-state index contributed by atoms with van der Waals surface area (Å²) < 4.78 is 6.93. The molecule has 0 radical (unpaired) electrons. The summed E-state index contributed by atoms with van der Waals surface area (Å²) in [7, 11) is 1.34. The summed E-state index contributed by atoms with van der Waals surface area (Å²) in [6, 6.07) is 1.92. The summed E-state index contributed by atoms with van der Waals surface area (Å²) >= 11 is 4.46. The Bertz CT molecular complexity index is 1110. The highest BCUT2D eigenvalue weighted by atomic mass is 32.2. The first-order chi connectivity index (χ1) is 15.3. The molecule has 0 atom stereocenters. The van der Waals surface area contributed by atoms with Crippen molar-refractivity contribution < 1.29 is 14.3 Å². The Morgan fingerprint density at radius 2 is 2.00 bits per heavy atom. The monoisotopic (exact) mass is 492 g/mol. The van der Waals surface area contributed by atoms with Crippen LogP contribution in [-0.2, 0) is 22.4 Å². The van der Waals surface area contributed by atoms with Gasteiger partial charge in [-0.1, -0.05) is 25.6 Å². The Morgan fingerprint density at radius 3 is 2.62 bits per heavy atom. The lowest BCUT2D eigenvalue weighted by Gasteiger charge is -2.14. The third-order valence-corrected chi connectivity index (χ3v) is 8.09. The molecule has 1 amide bonds. The van der Waals surface area contributed by atoms with Gasteiger partial charge >= 0.3 is 5.97 Å². The molecule has 172 valence electrons. The van der Waals surface area contributed by atoms with Crippen LogP contribution in [0.5, 0.6) is 0 Å². The van der Waals surface area contributed by atoms with Crippen molar-refractivity contribution in [3.8, 4) is 11.4 Å². The number of carbonyl (C=O) groups is 2. The average Bonchev–Trinajstić information content (AvgIpc) is 3.47. The van der Waals surface area contributed by atoms with Crippen LogP contribution in [0.2, 0.25) is 0 Å². The average molecular weight is 493 g/mol. The maximum atomic E-state index is 12.7. The summed E-state index contributed by atoms with van der Waals surface area (Å²) in [6.07, 6.45) is 1.71. The Labute approximate surface area is 200 Å². The van der Waals surface area contributed by atoms with Gasteiger partial charge in [0.05, 0.1) is 18.4 Å². The second-order valence-corrected chi connectivity index (χ2v) is 10.6. The summed E-state index contributed by atoms with van der Waals surface area (Å²) in [5, 5.41) is 15.1. The largest absolute Gasteiger partial charge is 0.465 e. The molecule has 10 heteroatoms. The van der Waals surface area contributed by atoms with E-state index < -0.39 is 5.97 Å². The van der Waals surface area contributed by atoms with Crippen LogP contribution < -0.4 is 5.32 Å². The van der Waals surface area contributed by atoms with Crippen molar-refractivity contribution >= 4 is 51.3 Å². The van der Waals surface area contributed by atoms with Crippen molar-refractivity contribution in [3.63, 3.8) is 0 Å². The van der Waals surface area contributed by atoms with Gasteiger partial charge < -0.3 is 10.1 Å². The number of nitrogens with zero attached hydrogens (tertiary/aromatic N) is 3. The topological polar surface area (TPSA) is 86.1 Å². The molecular formula is C22H28N4O3S3. The SMILES string of the molecule is CCc1cc(C(=O)OC)c(NC(=O)CSc2nnc(-c3csc(C)c3CC)n2C(C)C)s1. The molecule has 3 aromatic heterocycles. The Kier molecular flexibility index (Phi) is 8.13. The molecule has 3 aromatic rings. The zero-order valence-electron chi connectivity index (χ0n) is 19.1. The van der Waals surface area contributed by atoms with Gasteiger partial charge in [-0.2, -0.15) is 0 Å². The van der Waals surface area contributed by atoms with Gasteiger partial charge in [0.1, 0.15) is 5.00 Å². The standard InChI is InChI=1S/C22H28N4O3S3/c1-7-14-9-16(21(28)29-6)20(32-14)23-18(27)11-31-22-25-24-19(26(22)12(3)4)17-10-30-13(5)15(17)8-2/h9-10,12H,7-8,11H2,1-6H3,(H,23,27). The minimum Gasteiger partial charge on any atom is -0.465 e. The van der Waals surface area contributed by atoms with Crippen LogP contribution >= 0.6 is 34.4 Å². The fourth-order valence-electron chi connectivity index (χ4n) is 3.39. The molecule has 0 aliphatic carbocycles. The quantitative estimate of drug-likeness (QED) is 0.309. The first kappa shape index (κ1) is 24.5. The first-order valence-electron chi connectivity index (χ1n) is 10.5. The van der Waals surface area contributed by atoms with Gasteiger partial charge in [-0.05, 0) is 45.2 Å². The highest BCUT2D eigenvalue weighted by molar-refractivity contribution is 7.99. The predicted octanol–water partition coefficient (Wildman–Crippen LogP) is 5.60. The second-order valence-electron chi connectivity index (χ2n) is 7.45. The number of ether oxygens (including phenoxy) is 1. The van der Waals surface area contributed by atoms with E-state index in [1.54, 1.807) is 17.4 Å². The lowest BCUT2D eigenvalue weighted by molar-refractivity contribution is -0.113. The molecule has 7 nitrogen and oxygen atoms in total. The van der Waals surface area contributed by atoms with E-state index in [4.69, 9.17) is 4.74 Å². The number of hydrogen-bond donors (Lipinski definition) is 1. The molecule has 0 fully saturated rings. The smallest absolute Gasteiger partial charge is 0.340 e. The van der Waals surface area contributed by atoms with E-state index >= 15 is 0 Å². The van der Waals surface area contributed by atoms with Crippen molar-refractivity contribution in [2.24, 2.45) is 0 Å². The van der Waals surface area contributed by atoms with E-state index in [1.807, 2.05) is 6.92 Å². The van der Waals surface area contributed by atoms with Crippen LogP contribution in [0.4, 0.5) is 5.00 Å². The third-order valence-electron chi connectivity index (χ3n) is 5.00. The molecule has 0 aliphatic rings. The zero-order chi connectivity index (χ0) is 23.4. The minimum atomic E-state index is -0.453. The number of aromatic nitrogens is 3. The first-order valence-corrected chi connectivity index (χ1v) is 13.1. The fraction of sp³-hybridized carbons (Fsp3) is 0.455. The summed E-state index contributed by atoms with van der Waals surface area (Å²) in [4.78, 5) is 27.0. The number of carbonyl (C=O) groups excluding carboxylic acids is 2. The highest BCUT2D eigenvalue weighted by Gasteiger charge is 2.22. The zero-order valence-corrected chi connectivity index (χ0v) is 21.6. The van der Waals surface area contributed by atoms with Crippen molar-refractivity contribution in [3.05, 3.63) is 32.3 Å². The molecule has 0 saturated heterocycles. The summed E-state index contributed by atoms with van der Waals surface area (Å²) in [6.45, 7) is 10.4. The molecule has 0 unspecified atom stereocenters. The second kappa shape index (κ2) is 10.6. The fourth-order valence-corrected chi connectivity index (χ4v) is 6.20. The number of rotatable bonds is 9. The maximum absolute atomic E-state index is 12.7. The molecule has 0 aliphatic heterocycles. The Morgan fingerprint density at radius 1 is 1.25 bits per heavy atom. The van der Waals surface area contributed by atoms with Gasteiger partial charge in [0, 0.05) is 26.7 Å². The lowest BCUT2D eigenvalue weighted by Crippen LogP contribution is -2.16. The van der Waals surface area contributed by atoms with Crippen LogP contribution in [0.15, 0.2) is 16.6 Å². The normalized spacial score (nSPS) is 11.2. The number of hydrogen-bond acceptors (Lipinski definition) is 8. The van der Waals surface area contributed by atoms with Crippen LogP contribution in [-0.4, -0.2) is 39.5 Å². The van der Waals surface area contributed by atoms with Gasteiger partial charge in [-0.25, -0.2) is 4.79 Å². The van der Waals surface area contributed by atoms with Gasteiger partial charge in [-0.15, -0.1) is 32.9 Å². The highest BCUT2D eigenvalue weighted by Crippen LogP contribution is 2.35. The van der Waals surface area contributed by atoms with E-state index in [0.717, 1.165) is 29.1 Å². The molecule has 0 spiro atoms. The van der Waals surface area contributed by atoms with Crippen molar-refractivity contribution in [1.29, 1.82) is 0 Å².